The molecule has 0 fully saturated rings. The van der Waals surface area contributed by atoms with Crippen molar-refractivity contribution in [2.75, 3.05) is 16.8 Å². The fourth-order valence-corrected chi connectivity index (χ4v) is 3.00. The predicted octanol–water partition coefficient (Wildman–Crippen LogP) is 1.33. The maximum absolute atomic E-state index is 11.6. The summed E-state index contributed by atoms with van der Waals surface area (Å²) in [5.74, 6) is -0.816. The van der Waals surface area contributed by atoms with Gasteiger partial charge in [0.15, 0.2) is 9.84 Å². The van der Waals surface area contributed by atoms with Crippen molar-refractivity contribution in [1.82, 2.24) is 9.97 Å². The van der Waals surface area contributed by atoms with Crippen LogP contribution in [0.3, 0.4) is 0 Å². The number of carbonyl (C=O) groups is 1. The molecule has 0 aliphatic heterocycles. The normalized spacial score (nSPS) is 11.6. The second-order valence-corrected chi connectivity index (χ2v) is 6.43. The number of benzene rings is 1. The van der Waals surface area contributed by atoms with E-state index in [1.165, 1.54) is 0 Å². The van der Waals surface area contributed by atoms with Gasteiger partial charge in [-0.3, -0.25) is 10.1 Å². The number of carbonyl (C=O) groups excluding carboxylic acids is 1. The van der Waals surface area contributed by atoms with Crippen molar-refractivity contribution in [2.24, 2.45) is 0 Å². The number of imidazole rings is 1. The van der Waals surface area contributed by atoms with E-state index in [2.05, 4.69) is 15.3 Å². The van der Waals surface area contributed by atoms with Gasteiger partial charge in [0.2, 0.25) is 11.9 Å². The molecule has 0 saturated carbocycles. The second-order valence-electron chi connectivity index (χ2n) is 4.24. The van der Waals surface area contributed by atoms with Gasteiger partial charge >= 0.3 is 0 Å². The molecule has 0 aliphatic rings. The largest absolute Gasteiger partial charge is 0.324 e. The Morgan fingerprint density at radius 2 is 2.11 bits per heavy atom. The lowest BCUT2D eigenvalue weighted by atomic mass is 10.3. The van der Waals surface area contributed by atoms with Crippen molar-refractivity contribution in [3.8, 4) is 0 Å². The van der Waals surface area contributed by atoms with Crippen molar-refractivity contribution in [3.05, 3.63) is 24.3 Å². The molecule has 0 unspecified atom stereocenters. The van der Waals surface area contributed by atoms with Gasteiger partial charge in [-0.15, -0.1) is 0 Å². The molecule has 0 atom stereocenters. The molecule has 7 heteroatoms. The highest BCUT2D eigenvalue weighted by atomic mass is 32.2. The number of anilines is 1. The van der Waals surface area contributed by atoms with E-state index in [-0.39, 0.29) is 11.7 Å². The molecule has 102 valence electrons. The minimum atomic E-state index is -3.33. The minimum absolute atomic E-state index is 0.0144. The van der Waals surface area contributed by atoms with E-state index < -0.39 is 21.5 Å². The van der Waals surface area contributed by atoms with Gasteiger partial charge in [0.25, 0.3) is 0 Å². The lowest BCUT2D eigenvalue weighted by molar-refractivity contribution is -0.113. The zero-order valence-corrected chi connectivity index (χ0v) is 11.3. The zero-order chi connectivity index (χ0) is 13.9. The van der Waals surface area contributed by atoms with Crippen LogP contribution in [0.15, 0.2) is 24.3 Å². The first kappa shape index (κ1) is 13.5. The average Bonchev–Trinajstić information content (AvgIpc) is 2.69. The monoisotopic (exact) mass is 281 g/mol. The molecule has 1 aromatic carbocycles. The minimum Gasteiger partial charge on any atom is -0.324 e. The highest BCUT2D eigenvalue weighted by Crippen LogP contribution is 2.13. The van der Waals surface area contributed by atoms with E-state index in [1.807, 2.05) is 18.2 Å². The molecule has 1 aromatic heterocycles. The highest BCUT2D eigenvalue weighted by molar-refractivity contribution is 7.92. The molecule has 19 heavy (non-hydrogen) atoms. The van der Waals surface area contributed by atoms with Crippen LogP contribution in [-0.4, -0.2) is 35.8 Å². The lowest BCUT2D eigenvalue weighted by Crippen LogP contribution is -2.25. The first-order chi connectivity index (χ1) is 9.00. The summed E-state index contributed by atoms with van der Waals surface area (Å²) in [4.78, 5) is 18.7. The van der Waals surface area contributed by atoms with Crippen LogP contribution < -0.4 is 5.32 Å². The van der Waals surface area contributed by atoms with Crippen molar-refractivity contribution in [3.63, 3.8) is 0 Å². The molecular formula is C12H15N3O3S. The number of rotatable bonds is 5. The summed E-state index contributed by atoms with van der Waals surface area (Å²) in [6, 6.07) is 7.30. The number of sulfone groups is 1. The van der Waals surface area contributed by atoms with E-state index in [1.54, 1.807) is 13.0 Å². The standard InChI is InChI=1S/C12H15N3O3S/c1-2-7-19(17,18)8-11(16)15-12-13-9-5-3-4-6-10(9)14-12/h3-6H,2,7-8H2,1H3,(H2,13,14,15,16). The van der Waals surface area contributed by atoms with Gasteiger partial charge in [0.1, 0.15) is 5.75 Å². The first-order valence-electron chi connectivity index (χ1n) is 5.95. The molecule has 6 nitrogen and oxygen atoms in total. The number of fused-ring (bicyclic) bond motifs is 1. The second kappa shape index (κ2) is 5.40. The molecule has 0 saturated heterocycles. The summed E-state index contributed by atoms with van der Waals surface area (Å²) in [6.07, 6.45) is 0.500. The number of nitrogens with zero attached hydrogens (tertiary/aromatic N) is 1. The van der Waals surface area contributed by atoms with Gasteiger partial charge in [-0.25, -0.2) is 13.4 Å². The van der Waals surface area contributed by atoms with E-state index in [4.69, 9.17) is 0 Å². The zero-order valence-electron chi connectivity index (χ0n) is 10.5. The number of aromatic amines is 1. The molecule has 1 heterocycles. The Balaban J connectivity index is 2.06. The number of H-pyrrole nitrogens is 1. The Kier molecular flexibility index (Phi) is 3.84. The maximum atomic E-state index is 11.6. The van der Waals surface area contributed by atoms with Crippen LogP contribution in [0, 0.1) is 0 Å². The van der Waals surface area contributed by atoms with E-state index >= 15 is 0 Å². The molecule has 1 amide bonds. The fourth-order valence-electron chi connectivity index (χ4n) is 1.76. The number of hydrogen-bond acceptors (Lipinski definition) is 4. The summed E-state index contributed by atoms with van der Waals surface area (Å²) in [6.45, 7) is 1.76. The SMILES string of the molecule is CCCS(=O)(=O)CC(=O)Nc1nc2ccccc2[nH]1. The topological polar surface area (TPSA) is 91.9 Å². The molecule has 0 bridgehead atoms. The summed E-state index contributed by atoms with van der Waals surface area (Å²) in [7, 11) is -3.33. The number of aromatic nitrogens is 2. The van der Waals surface area contributed by atoms with Crippen LogP contribution in [-0.2, 0) is 14.6 Å². The first-order valence-corrected chi connectivity index (χ1v) is 7.77. The van der Waals surface area contributed by atoms with Gasteiger partial charge in [0, 0.05) is 0 Å². The van der Waals surface area contributed by atoms with Gasteiger partial charge in [-0.1, -0.05) is 19.1 Å². The third kappa shape index (κ3) is 3.54. The molecule has 2 aromatic rings. The van der Waals surface area contributed by atoms with Gasteiger partial charge < -0.3 is 4.98 Å². The maximum Gasteiger partial charge on any atom is 0.241 e. The van der Waals surface area contributed by atoms with Crippen LogP contribution in [0.1, 0.15) is 13.3 Å². The van der Waals surface area contributed by atoms with Gasteiger partial charge in [0.05, 0.1) is 16.8 Å². The third-order valence-corrected chi connectivity index (χ3v) is 4.25. The van der Waals surface area contributed by atoms with Crippen molar-refractivity contribution < 1.29 is 13.2 Å². The molecule has 0 radical (unpaired) electrons. The van der Waals surface area contributed by atoms with E-state index in [9.17, 15) is 13.2 Å². The van der Waals surface area contributed by atoms with Crippen LogP contribution in [0.4, 0.5) is 5.95 Å². The highest BCUT2D eigenvalue weighted by Gasteiger charge is 2.16. The van der Waals surface area contributed by atoms with Crippen LogP contribution >= 0.6 is 0 Å². The van der Waals surface area contributed by atoms with Gasteiger partial charge in [-0.2, -0.15) is 0 Å². The third-order valence-electron chi connectivity index (χ3n) is 2.51. The molecule has 2 rings (SSSR count). The molecule has 0 aliphatic carbocycles. The number of amides is 1. The average molecular weight is 281 g/mol. The predicted molar refractivity (Wildman–Crippen MR) is 73.7 cm³/mol. The summed E-state index contributed by atoms with van der Waals surface area (Å²) in [5.41, 5.74) is 1.50. The Hall–Kier alpha value is -1.89. The van der Waals surface area contributed by atoms with Crippen LogP contribution in [0.25, 0.3) is 11.0 Å². The Bertz CT molecular complexity index is 658. The Labute approximate surface area is 111 Å². The quantitative estimate of drug-likeness (QED) is 0.864. The summed E-state index contributed by atoms with van der Waals surface area (Å²) < 4.78 is 23.0. The Morgan fingerprint density at radius 1 is 1.37 bits per heavy atom. The number of para-hydroxylation sites is 2. The van der Waals surface area contributed by atoms with Gasteiger partial charge in [-0.05, 0) is 18.6 Å². The number of hydrogen-bond donors (Lipinski definition) is 2. The van der Waals surface area contributed by atoms with Crippen molar-refractivity contribution in [2.45, 2.75) is 13.3 Å². The van der Waals surface area contributed by atoms with E-state index in [0.29, 0.717) is 11.9 Å². The summed E-state index contributed by atoms with van der Waals surface area (Å²) in [5, 5.41) is 2.46. The van der Waals surface area contributed by atoms with Crippen LogP contribution in [0.2, 0.25) is 0 Å². The van der Waals surface area contributed by atoms with E-state index in [0.717, 1.165) is 5.52 Å². The summed E-state index contributed by atoms with van der Waals surface area (Å²) >= 11 is 0. The molecular weight excluding hydrogens is 266 g/mol. The van der Waals surface area contributed by atoms with Crippen molar-refractivity contribution in [1.29, 1.82) is 0 Å². The molecule has 0 spiro atoms. The number of nitrogens with one attached hydrogen (secondary N) is 2. The Morgan fingerprint density at radius 3 is 2.79 bits per heavy atom. The lowest BCUT2D eigenvalue weighted by Gasteiger charge is -2.02. The fraction of sp³-hybridized carbons (Fsp3) is 0.333. The smallest absolute Gasteiger partial charge is 0.241 e. The van der Waals surface area contributed by atoms with Crippen LogP contribution in [0.5, 0.6) is 0 Å². The molecule has 2 N–H and O–H groups in total. The van der Waals surface area contributed by atoms with Crippen molar-refractivity contribution >= 4 is 32.7 Å².